The molecule has 1 amide bonds. The van der Waals surface area contributed by atoms with Crippen LogP contribution in [0.1, 0.15) is 15.9 Å². The van der Waals surface area contributed by atoms with Crippen LogP contribution in [-0.2, 0) is 16.0 Å². The lowest BCUT2D eigenvalue weighted by Gasteiger charge is -2.10. The largest absolute Gasteiger partial charge is 0.483 e. The van der Waals surface area contributed by atoms with Crippen molar-refractivity contribution in [1.82, 2.24) is 0 Å². The molecule has 2 rings (SSSR count). The normalized spacial score (nSPS) is 9.67. The maximum atomic E-state index is 11.9. The van der Waals surface area contributed by atoms with Crippen LogP contribution in [-0.4, -0.2) is 25.6 Å². The number of carbonyl (C=O) groups excluding carboxylic acids is 2. The van der Waals surface area contributed by atoms with Crippen molar-refractivity contribution in [3.63, 3.8) is 0 Å². The van der Waals surface area contributed by atoms with E-state index in [2.05, 4.69) is 16.1 Å². The van der Waals surface area contributed by atoms with Gasteiger partial charge in [-0.2, -0.15) is 5.26 Å². The Hall–Kier alpha value is -3.33. The minimum absolute atomic E-state index is 0.242. The molecule has 0 saturated heterocycles. The number of nitrogens with zero attached hydrogens (tertiary/aromatic N) is 1. The van der Waals surface area contributed by atoms with Gasteiger partial charge in [0.2, 0.25) is 0 Å². The van der Waals surface area contributed by atoms with Crippen molar-refractivity contribution in [3.05, 3.63) is 59.7 Å². The van der Waals surface area contributed by atoms with Crippen LogP contribution in [0.5, 0.6) is 5.75 Å². The Morgan fingerprint density at radius 3 is 2.50 bits per heavy atom. The average molecular weight is 324 g/mol. The molecule has 0 saturated carbocycles. The van der Waals surface area contributed by atoms with Crippen molar-refractivity contribution in [3.8, 4) is 11.8 Å². The third-order valence-corrected chi connectivity index (χ3v) is 3.17. The van der Waals surface area contributed by atoms with Crippen molar-refractivity contribution in [2.45, 2.75) is 6.42 Å². The van der Waals surface area contributed by atoms with Crippen molar-refractivity contribution in [2.24, 2.45) is 0 Å². The Bertz CT molecular complexity index is 763. The van der Waals surface area contributed by atoms with Crippen LogP contribution < -0.4 is 10.1 Å². The smallest absolute Gasteiger partial charge is 0.341 e. The number of esters is 1. The Balaban J connectivity index is 1.94. The number of carbonyl (C=O) groups is 2. The first-order valence-corrected chi connectivity index (χ1v) is 7.20. The molecule has 0 aliphatic carbocycles. The number of nitriles is 1. The quantitative estimate of drug-likeness (QED) is 0.825. The fourth-order valence-corrected chi connectivity index (χ4v) is 2.01. The highest BCUT2D eigenvalue weighted by molar-refractivity contribution is 5.94. The van der Waals surface area contributed by atoms with Gasteiger partial charge in [-0.3, -0.25) is 4.79 Å². The molecule has 0 aliphatic rings. The number of anilines is 1. The summed E-state index contributed by atoms with van der Waals surface area (Å²) in [7, 11) is 1.28. The summed E-state index contributed by atoms with van der Waals surface area (Å²) in [6.07, 6.45) is 0.321. The van der Waals surface area contributed by atoms with E-state index in [4.69, 9.17) is 10.00 Å². The van der Waals surface area contributed by atoms with Crippen LogP contribution in [0.25, 0.3) is 0 Å². The van der Waals surface area contributed by atoms with E-state index in [0.717, 1.165) is 5.56 Å². The van der Waals surface area contributed by atoms with E-state index in [0.29, 0.717) is 12.1 Å². The molecule has 2 aromatic rings. The molecule has 1 N–H and O–H groups in total. The monoisotopic (exact) mass is 324 g/mol. The Morgan fingerprint density at radius 1 is 1.12 bits per heavy atom. The number of methoxy groups -OCH3 is 1. The summed E-state index contributed by atoms with van der Waals surface area (Å²) in [6, 6.07) is 15.6. The van der Waals surface area contributed by atoms with Crippen LogP contribution >= 0.6 is 0 Å². The average Bonchev–Trinajstić information content (AvgIpc) is 2.61. The lowest BCUT2D eigenvalue weighted by atomic mass is 10.1. The molecule has 6 nitrogen and oxygen atoms in total. The molecule has 2 aromatic carbocycles. The Kier molecular flexibility index (Phi) is 5.92. The Labute approximate surface area is 139 Å². The molecule has 0 atom stereocenters. The van der Waals surface area contributed by atoms with Crippen molar-refractivity contribution in [2.75, 3.05) is 19.0 Å². The standard InChI is InChI=1S/C18H16N2O4/c1-23-18(22)15-4-2-3-5-16(15)24-12-17(21)20-14-8-6-13(7-9-14)10-11-19/h2-9H,10,12H2,1H3,(H,20,21). The van der Waals surface area contributed by atoms with Gasteiger partial charge in [0.05, 0.1) is 19.6 Å². The van der Waals surface area contributed by atoms with Crippen LogP contribution in [0.3, 0.4) is 0 Å². The molecule has 0 bridgehead atoms. The molecule has 0 spiro atoms. The molecule has 122 valence electrons. The summed E-state index contributed by atoms with van der Waals surface area (Å²) < 4.78 is 10.1. The molecular formula is C18H16N2O4. The van der Waals surface area contributed by atoms with E-state index >= 15 is 0 Å². The maximum absolute atomic E-state index is 11.9. The molecule has 0 fully saturated rings. The highest BCUT2D eigenvalue weighted by Crippen LogP contribution is 2.19. The molecule has 24 heavy (non-hydrogen) atoms. The van der Waals surface area contributed by atoms with Gasteiger partial charge < -0.3 is 14.8 Å². The first-order valence-electron chi connectivity index (χ1n) is 7.20. The van der Waals surface area contributed by atoms with Gasteiger partial charge in [0, 0.05) is 5.69 Å². The summed E-state index contributed by atoms with van der Waals surface area (Å²) in [5.74, 6) is -0.606. The Morgan fingerprint density at radius 2 is 1.83 bits per heavy atom. The highest BCUT2D eigenvalue weighted by atomic mass is 16.5. The number of hydrogen-bond donors (Lipinski definition) is 1. The van der Waals surface area contributed by atoms with Crippen LogP contribution in [0, 0.1) is 11.3 Å². The van der Waals surface area contributed by atoms with Gasteiger partial charge in [0.1, 0.15) is 11.3 Å². The van der Waals surface area contributed by atoms with Crippen molar-refractivity contribution < 1.29 is 19.1 Å². The number of nitrogens with one attached hydrogen (secondary N) is 1. The second-order valence-electron chi connectivity index (χ2n) is 4.86. The second kappa shape index (κ2) is 8.34. The minimum atomic E-state index is -0.529. The summed E-state index contributed by atoms with van der Waals surface area (Å²) >= 11 is 0. The summed E-state index contributed by atoms with van der Waals surface area (Å²) in [5, 5.41) is 11.3. The summed E-state index contributed by atoms with van der Waals surface area (Å²) in [5.41, 5.74) is 1.74. The van der Waals surface area contributed by atoms with Gasteiger partial charge in [0.25, 0.3) is 5.91 Å². The SMILES string of the molecule is COC(=O)c1ccccc1OCC(=O)Nc1ccc(CC#N)cc1. The van der Waals surface area contributed by atoms with Gasteiger partial charge >= 0.3 is 5.97 Å². The zero-order valence-electron chi connectivity index (χ0n) is 13.1. The predicted octanol–water partition coefficient (Wildman–Crippen LogP) is 2.56. The highest BCUT2D eigenvalue weighted by Gasteiger charge is 2.13. The van der Waals surface area contributed by atoms with Crippen molar-refractivity contribution in [1.29, 1.82) is 5.26 Å². The third kappa shape index (κ3) is 4.58. The fraction of sp³-hybridized carbons (Fsp3) is 0.167. The molecule has 0 heterocycles. The van der Waals surface area contributed by atoms with Gasteiger partial charge in [-0.05, 0) is 29.8 Å². The zero-order valence-corrected chi connectivity index (χ0v) is 13.1. The maximum Gasteiger partial charge on any atom is 0.341 e. The van der Waals surface area contributed by atoms with Gasteiger partial charge in [-0.25, -0.2) is 4.79 Å². The lowest BCUT2D eigenvalue weighted by Crippen LogP contribution is -2.21. The van der Waals surface area contributed by atoms with E-state index in [1.807, 2.05) is 0 Å². The topological polar surface area (TPSA) is 88.4 Å². The molecule has 0 aromatic heterocycles. The molecule has 0 aliphatic heterocycles. The van der Waals surface area contributed by atoms with E-state index < -0.39 is 5.97 Å². The molecule has 0 unspecified atom stereocenters. The van der Waals surface area contributed by atoms with Crippen molar-refractivity contribution >= 4 is 17.6 Å². The van der Waals surface area contributed by atoms with E-state index in [9.17, 15) is 9.59 Å². The zero-order chi connectivity index (χ0) is 17.4. The second-order valence-corrected chi connectivity index (χ2v) is 4.86. The third-order valence-electron chi connectivity index (χ3n) is 3.17. The molecule has 0 radical (unpaired) electrons. The number of amides is 1. The first-order chi connectivity index (χ1) is 11.6. The number of para-hydroxylation sites is 1. The number of hydrogen-bond acceptors (Lipinski definition) is 5. The van der Waals surface area contributed by atoms with E-state index in [1.54, 1.807) is 48.5 Å². The van der Waals surface area contributed by atoms with Gasteiger partial charge in [0.15, 0.2) is 6.61 Å². The molecular weight excluding hydrogens is 308 g/mol. The molecule has 6 heteroatoms. The van der Waals surface area contributed by atoms with Crippen LogP contribution in [0.2, 0.25) is 0 Å². The van der Waals surface area contributed by atoms with E-state index in [1.165, 1.54) is 7.11 Å². The van der Waals surface area contributed by atoms with Crippen LogP contribution in [0.4, 0.5) is 5.69 Å². The predicted molar refractivity (Wildman–Crippen MR) is 87.7 cm³/mol. The van der Waals surface area contributed by atoms with E-state index in [-0.39, 0.29) is 23.8 Å². The lowest BCUT2D eigenvalue weighted by molar-refractivity contribution is -0.118. The van der Waals surface area contributed by atoms with Crippen LogP contribution in [0.15, 0.2) is 48.5 Å². The van der Waals surface area contributed by atoms with Gasteiger partial charge in [-0.15, -0.1) is 0 Å². The fourth-order valence-electron chi connectivity index (χ4n) is 2.01. The number of benzene rings is 2. The number of rotatable bonds is 6. The minimum Gasteiger partial charge on any atom is -0.483 e. The first kappa shape index (κ1) is 17.0. The van der Waals surface area contributed by atoms with Gasteiger partial charge in [-0.1, -0.05) is 24.3 Å². The summed E-state index contributed by atoms with van der Waals surface area (Å²) in [4.78, 5) is 23.6. The number of ether oxygens (including phenoxy) is 2. The summed E-state index contributed by atoms with van der Waals surface area (Å²) in [6.45, 7) is -0.242.